The van der Waals surface area contributed by atoms with Gasteiger partial charge in [-0.3, -0.25) is 9.69 Å². The van der Waals surface area contributed by atoms with Gasteiger partial charge >= 0.3 is 0 Å². The molecule has 0 aromatic heterocycles. The van der Waals surface area contributed by atoms with Crippen molar-refractivity contribution >= 4 is 17.5 Å². The van der Waals surface area contributed by atoms with Crippen LogP contribution in [0.2, 0.25) is 5.02 Å². The molecule has 6 heteroatoms. The second-order valence-electron chi connectivity index (χ2n) is 6.85. The van der Waals surface area contributed by atoms with Crippen LogP contribution >= 0.6 is 11.6 Å². The Morgan fingerprint density at radius 1 is 1.33 bits per heavy atom. The molecule has 1 aliphatic heterocycles. The first-order valence-electron chi connectivity index (χ1n) is 9.14. The van der Waals surface area contributed by atoms with E-state index in [9.17, 15) is 9.90 Å². The van der Waals surface area contributed by atoms with Crippen molar-refractivity contribution in [2.75, 3.05) is 26.7 Å². The summed E-state index contributed by atoms with van der Waals surface area (Å²) in [6.45, 7) is 5.98. The maximum Gasteiger partial charge on any atom is 0.240 e. The molecule has 1 atom stereocenters. The van der Waals surface area contributed by atoms with Gasteiger partial charge in [-0.2, -0.15) is 0 Å². The molecule has 0 spiro atoms. The Morgan fingerprint density at radius 2 is 2.11 bits per heavy atom. The number of fused-ring (bicyclic) bond motifs is 1. The van der Waals surface area contributed by atoms with Crippen LogP contribution < -0.4 is 4.74 Å². The van der Waals surface area contributed by atoms with Gasteiger partial charge in [0.2, 0.25) is 5.91 Å². The number of hydrogen-bond donors (Lipinski definition) is 1. The summed E-state index contributed by atoms with van der Waals surface area (Å²) in [5, 5.41) is 11.1. The smallest absolute Gasteiger partial charge is 0.240 e. The van der Waals surface area contributed by atoms with Crippen molar-refractivity contribution in [2.45, 2.75) is 26.4 Å². The molecular formula is C21H25ClN2O3. The van der Waals surface area contributed by atoms with E-state index in [0.717, 1.165) is 23.2 Å². The number of benzene rings is 2. The van der Waals surface area contributed by atoms with E-state index in [1.54, 1.807) is 11.0 Å². The molecule has 0 radical (unpaired) electrons. The summed E-state index contributed by atoms with van der Waals surface area (Å²) >= 11 is 6.10. The zero-order chi connectivity index (χ0) is 19.6. The molecule has 1 N–H and O–H groups in total. The van der Waals surface area contributed by atoms with Crippen molar-refractivity contribution in [1.29, 1.82) is 0 Å². The number of likely N-dealkylation sites (N-methyl/N-ethyl adjacent to an activating group) is 1. The van der Waals surface area contributed by atoms with Gasteiger partial charge in [0, 0.05) is 17.1 Å². The minimum atomic E-state index is -0.207. The number of carbonyl (C=O) groups excluding carboxylic acids is 1. The van der Waals surface area contributed by atoms with E-state index in [-0.39, 0.29) is 17.7 Å². The maximum absolute atomic E-state index is 12.9. The summed E-state index contributed by atoms with van der Waals surface area (Å²) in [5.41, 5.74) is 2.54. The topological polar surface area (TPSA) is 53.0 Å². The van der Waals surface area contributed by atoms with E-state index in [4.69, 9.17) is 16.3 Å². The number of nitrogens with zero attached hydrogens (tertiary/aromatic N) is 2. The number of rotatable bonds is 4. The molecule has 2 aromatic carbocycles. The highest BCUT2D eigenvalue weighted by Crippen LogP contribution is 2.38. The molecule has 2 aromatic rings. The lowest BCUT2D eigenvalue weighted by atomic mass is 10.0. The predicted molar refractivity (Wildman–Crippen MR) is 107 cm³/mol. The lowest BCUT2D eigenvalue weighted by Crippen LogP contribution is -2.46. The SMILES string of the molecule is CCN(C)[C@H](C)C(=O)N1CCOc2c(O)cc(-c3cccc(Cl)c3)cc2C1. The highest BCUT2D eigenvalue weighted by molar-refractivity contribution is 6.30. The Labute approximate surface area is 165 Å². The van der Waals surface area contributed by atoms with Crippen LogP contribution in [0.4, 0.5) is 0 Å². The number of hydrogen-bond acceptors (Lipinski definition) is 4. The third-order valence-electron chi connectivity index (χ3n) is 5.10. The van der Waals surface area contributed by atoms with E-state index < -0.39 is 0 Å². The molecule has 1 aliphatic rings. The number of phenols is 1. The van der Waals surface area contributed by atoms with Crippen molar-refractivity contribution in [2.24, 2.45) is 0 Å². The Kier molecular flexibility index (Phi) is 5.92. The maximum atomic E-state index is 12.9. The van der Waals surface area contributed by atoms with Gasteiger partial charge in [-0.25, -0.2) is 0 Å². The summed E-state index contributed by atoms with van der Waals surface area (Å²) in [5.74, 6) is 0.589. The van der Waals surface area contributed by atoms with Crippen LogP contribution in [-0.2, 0) is 11.3 Å². The van der Waals surface area contributed by atoms with E-state index in [2.05, 4.69) is 0 Å². The van der Waals surface area contributed by atoms with Crippen molar-refractivity contribution < 1.29 is 14.6 Å². The quantitative estimate of drug-likeness (QED) is 0.866. The van der Waals surface area contributed by atoms with Crippen LogP contribution in [0.15, 0.2) is 36.4 Å². The summed E-state index contributed by atoms with van der Waals surface area (Å²) < 4.78 is 5.76. The number of ether oxygens (including phenoxy) is 1. The molecule has 0 fully saturated rings. The molecule has 0 saturated carbocycles. The van der Waals surface area contributed by atoms with Gasteiger partial charge in [0.05, 0.1) is 12.6 Å². The molecular weight excluding hydrogens is 364 g/mol. The molecule has 144 valence electrons. The minimum Gasteiger partial charge on any atom is -0.504 e. The molecule has 0 saturated heterocycles. The van der Waals surface area contributed by atoms with Crippen LogP contribution in [0.1, 0.15) is 19.4 Å². The van der Waals surface area contributed by atoms with Crippen molar-refractivity contribution in [3.8, 4) is 22.6 Å². The molecule has 0 bridgehead atoms. The second kappa shape index (κ2) is 8.19. The van der Waals surface area contributed by atoms with Crippen molar-refractivity contribution in [3.63, 3.8) is 0 Å². The van der Waals surface area contributed by atoms with E-state index >= 15 is 0 Å². The van der Waals surface area contributed by atoms with Gasteiger partial charge in [0.15, 0.2) is 11.5 Å². The number of carbonyl (C=O) groups is 1. The van der Waals surface area contributed by atoms with Gasteiger partial charge in [0.25, 0.3) is 0 Å². The molecule has 5 nitrogen and oxygen atoms in total. The molecule has 1 heterocycles. The largest absolute Gasteiger partial charge is 0.504 e. The lowest BCUT2D eigenvalue weighted by molar-refractivity contribution is -0.136. The number of halogens is 1. The third-order valence-corrected chi connectivity index (χ3v) is 5.34. The summed E-state index contributed by atoms with van der Waals surface area (Å²) in [6, 6.07) is 10.9. The van der Waals surface area contributed by atoms with Crippen LogP contribution in [0, 0.1) is 0 Å². The molecule has 27 heavy (non-hydrogen) atoms. The summed E-state index contributed by atoms with van der Waals surface area (Å²) in [4.78, 5) is 16.7. The number of phenolic OH excluding ortho intramolecular Hbond substituents is 1. The number of aromatic hydroxyl groups is 1. The Morgan fingerprint density at radius 3 is 2.81 bits per heavy atom. The zero-order valence-corrected chi connectivity index (χ0v) is 16.7. The Bertz CT molecular complexity index is 840. The van der Waals surface area contributed by atoms with E-state index in [0.29, 0.717) is 30.5 Å². The fraction of sp³-hybridized carbons (Fsp3) is 0.381. The number of amides is 1. The van der Waals surface area contributed by atoms with Gasteiger partial charge < -0.3 is 14.7 Å². The molecule has 0 aliphatic carbocycles. The predicted octanol–water partition coefficient (Wildman–Crippen LogP) is 3.77. The van der Waals surface area contributed by atoms with Crippen LogP contribution in [0.5, 0.6) is 11.5 Å². The fourth-order valence-electron chi connectivity index (χ4n) is 3.25. The fourth-order valence-corrected chi connectivity index (χ4v) is 3.44. The highest BCUT2D eigenvalue weighted by atomic mass is 35.5. The van der Waals surface area contributed by atoms with E-state index in [1.165, 1.54) is 0 Å². The van der Waals surface area contributed by atoms with Crippen LogP contribution in [0.25, 0.3) is 11.1 Å². The average Bonchev–Trinajstić information content (AvgIpc) is 2.89. The third kappa shape index (κ3) is 4.20. The molecule has 0 unspecified atom stereocenters. The second-order valence-corrected chi connectivity index (χ2v) is 7.29. The van der Waals surface area contributed by atoms with E-state index in [1.807, 2.05) is 56.1 Å². The molecule has 3 rings (SSSR count). The minimum absolute atomic E-state index is 0.0587. The van der Waals surface area contributed by atoms with Gasteiger partial charge in [-0.15, -0.1) is 0 Å². The van der Waals surface area contributed by atoms with Gasteiger partial charge in [0.1, 0.15) is 6.61 Å². The van der Waals surface area contributed by atoms with Crippen LogP contribution in [-0.4, -0.2) is 53.6 Å². The van der Waals surface area contributed by atoms with Crippen molar-refractivity contribution in [1.82, 2.24) is 9.80 Å². The summed E-state index contributed by atoms with van der Waals surface area (Å²) in [7, 11) is 1.94. The molecule has 1 amide bonds. The first kappa shape index (κ1) is 19.5. The lowest BCUT2D eigenvalue weighted by Gasteiger charge is -2.28. The van der Waals surface area contributed by atoms with Crippen molar-refractivity contribution in [3.05, 3.63) is 47.0 Å². The average molecular weight is 389 g/mol. The normalized spacial score (nSPS) is 15.1. The highest BCUT2D eigenvalue weighted by Gasteiger charge is 2.27. The first-order valence-corrected chi connectivity index (χ1v) is 9.52. The Balaban J connectivity index is 1.93. The monoisotopic (exact) mass is 388 g/mol. The zero-order valence-electron chi connectivity index (χ0n) is 15.9. The summed E-state index contributed by atoms with van der Waals surface area (Å²) in [6.07, 6.45) is 0. The standard InChI is InChI=1S/C21H25ClN2O3/c1-4-23(3)14(2)21(26)24-8-9-27-20-17(13-24)10-16(12-19(20)25)15-6-5-7-18(22)11-15/h5-7,10-12,14,25H,4,8-9,13H2,1-3H3/t14-/m1/s1. The Hall–Kier alpha value is -2.24. The van der Waals surface area contributed by atoms with Gasteiger partial charge in [-0.1, -0.05) is 30.7 Å². The van der Waals surface area contributed by atoms with Crippen LogP contribution in [0.3, 0.4) is 0 Å². The first-order chi connectivity index (χ1) is 12.9. The van der Waals surface area contributed by atoms with Gasteiger partial charge in [-0.05, 0) is 55.9 Å².